The Morgan fingerprint density at radius 3 is 2.32 bits per heavy atom. The van der Waals surface area contributed by atoms with Crippen molar-refractivity contribution in [3.63, 3.8) is 0 Å². The van der Waals surface area contributed by atoms with E-state index in [0.717, 1.165) is 24.1 Å². The molecule has 0 aliphatic rings. The van der Waals surface area contributed by atoms with Crippen LogP contribution in [0.4, 0.5) is 0 Å². The van der Waals surface area contributed by atoms with Crippen molar-refractivity contribution < 1.29 is 9.90 Å². The summed E-state index contributed by atoms with van der Waals surface area (Å²) in [5.41, 5.74) is 3.09. The Labute approximate surface area is 185 Å². The summed E-state index contributed by atoms with van der Waals surface area (Å²) >= 11 is 0. The predicted molar refractivity (Wildman–Crippen MR) is 126 cm³/mol. The highest BCUT2D eigenvalue weighted by Gasteiger charge is 2.23. The second kappa shape index (κ2) is 10.4. The number of carbonyl (C=O) groups excluding carboxylic acids is 1. The van der Waals surface area contributed by atoms with Gasteiger partial charge in [-0.1, -0.05) is 40.0 Å². The summed E-state index contributed by atoms with van der Waals surface area (Å²) in [6, 6.07) is 3.80. The summed E-state index contributed by atoms with van der Waals surface area (Å²) in [6.07, 6.45) is 5.05. The lowest BCUT2D eigenvalue weighted by Crippen LogP contribution is -2.27. The van der Waals surface area contributed by atoms with Crippen molar-refractivity contribution >= 4 is 18.1 Å². The average Bonchev–Trinajstić information content (AvgIpc) is 3.12. The zero-order valence-electron chi connectivity index (χ0n) is 19.4. The number of carbonyl (C=O) groups is 1. The van der Waals surface area contributed by atoms with Gasteiger partial charge in [-0.2, -0.15) is 0 Å². The number of aromatic nitrogens is 3. The minimum Gasteiger partial charge on any atom is -0.505 e. The third-order valence-electron chi connectivity index (χ3n) is 4.97. The van der Waals surface area contributed by atoms with Gasteiger partial charge in [-0.05, 0) is 62.7 Å². The molecule has 0 aliphatic heterocycles. The number of aromatic hydroxyl groups is 1. The van der Waals surface area contributed by atoms with Gasteiger partial charge < -0.3 is 15.3 Å². The number of benzene rings is 1. The van der Waals surface area contributed by atoms with Crippen LogP contribution in [0, 0.1) is 0 Å². The number of nitrogens with zero attached hydrogens (tertiary/aromatic N) is 4. The van der Waals surface area contributed by atoms with E-state index in [9.17, 15) is 9.90 Å². The second-order valence-electron chi connectivity index (χ2n) is 8.94. The molecule has 1 amide bonds. The molecule has 2 aromatic rings. The molecule has 0 radical (unpaired) electrons. The van der Waals surface area contributed by atoms with Crippen molar-refractivity contribution in [2.45, 2.75) is 45.4 Å². The molecule has 0 spiro atoms. The van der Waals surface area contributed by atoms with Gasteiger partial charge in [-0.25, -0.2) is 0 Å². The van der Waals surface area contributed by atoms with Gasteiger partial charge in [0.1, 0.15) is 22.8 Å². The molecule has 31 heavy (non-hydrogen) atoms. The molecule has 1 aromatic heterocycles. The van der Waals surface area contributed by atoms with E-state index >= 15 is 0 Å². The van der Waals surface area contributed by atoms with Gasteiger partial charge in [-0.3, -0.25) is 4.79 Å². The van der Waals surface area contributed by atoms with Crippen molar-refractivity contribution in [2.24, 2.45) is 0 Å². The minimum atomic E-state index is -0.293. The molecule has 0 saturated carbocycles. The lowest BCUT2D eigenvalue weighted by atomic mass is 9.84. The Hall–Kier alpha value is -2.93. The molecule has 2 rings (SSSR count). The maximum absolute atomic E-state index is 12.3. The normalized spacial score (nSPS) is 11.5. The maximum Gasteiger partial charge on any atom is 0.220 e. The molecule has 1 aromatic carbocycles. The molecule has 0 bridgehead atoms. The van der Waals surface area contributed by atoms with E-state index in [1.165, 1.54) is 4.80 Å². The Kier molecular flexibility index (Phi) is 8.16. The van der Waals surface area contributed by atoms with Crippen LogP contribution in [0.15, 0.2) is 25.3 Å². The third kappa shape index (κ3) is 6.52. The number of phenolic OH excluding ortho intramolecular Hbond substituents is 1. The van der Waals surface area contributed by atoms with Crippen LogP contribution in [0.5, 0.6) is 5.75 Å². The number of phenols is 1. The summed E-state index contributed by atoms with van der Waals surface area (Å²) in [4.78, 5) is 15.8. The molecule has 0 saturated heterocycles. The zero-order chi connectivity index (χ0) is 23.2. The molecule has 7 heteroatoms. The van der Waals surface area contributed by atoms with Gasteiger partial charge in [0.15, 0.2) is 0 Å². The lowest BCUT2D eigenvalue weighted by Gasteiger charge is -2.23. The van der Waals surface area contributed by atoms with Crippen molar-refractivity contribution in [1.29, 1.82) is 0 Å². The number of aryl methyl sites for hydroxylation is 1. The first-order valence-electron chi connectivity index (χ1n) is 10.6. The van der Waals surface area contributed by atoms with E-state index in [1.807, 2.05) is 47.0 Å². The van der Waals surface area contributed by atoms with Crippen LogP contribution >= 0.6 is 0 Å². The fourth-order valence-corrected chi connectivity index (χ4v) is 3.24. The molecule has 0 atom stereocenters. The molecule has 168 valence electrons. The molecule has 2 N–H and O–H groups in total. The first-order valence-corrected chi connectivity index (χ1v) is 10.6. The summed E-state index contributed by atoms with van der Waals surface area (Å²) in [5, 5.41) is 22.8. The Morgan fingerprint density at radius 1 is 1.19 bits per heavy atom. The van der Waals surface area contributed by atoms with Gasteiger partial charge in [0.25, 0.3) is 0 Å². The van der Waals surface area contributed by atoms with Crippen LogP contribution in [0.3, 0.4) is 0 Å². The van der Waals surface area contributed by atoms with E-state index in [-0.39, 0.29) is 17.1 Å². The van der Waals surface area contributed by atoms with Crippen LogP contribution in [-0.2, 0) is 16.6 Å². The number of amides is 1. The molecule has 0 unspecified atom stereocenters. The molecular formula is C24H35N5O2. The highest BCUT2D eigenvalue weighted by atomic mass is 16.3. The van der Waals surface area contributed by atoms with Crippen molar-refractivity contribution in [2.75, 3.05) is 27.2 Å². The number of rotatable bonds is 10. The number of hydrogen-bond donors (Lipinski definition) is 2. The van der Waals surface area contributed by atoms with Crippen molar-refractivity contribution in [3.05, 3.63) is 47.8 Å². The first-order chi connectivity index (χ1) is 14.6. The maximum atomic E-state index is 12.3. The molecule has 1 heterocycles. The monoisotopic (exact) mass is 425 g/mol. The topological polar surface area (TPSA) is 83.3 Å². The third-order valence-corrected chi connectivity index (χ3v) is 4.97. The van der Waals surface area contributed by atoms with Crippen LogP contribution in [-0.4, -0.2) is 58.1 Å². The number of nitrogens with one attached hydrogen (secondary N) is 1. The van der Waals surface area contributed by atoms with Crippen LogP contribution in [0.2, 0.25) is 0 Å². The van der Waals surface area contributed by atoms with Gasteiger partial charge in [0, 0.05) is 18.5 Å². The SMILES string of the molecule is C=Cc1nn(-c2cc(CCC(=O)NCCCN(C)C)cc(C(C)(C)C)c2O)nc1C=C. The van der Waals surface area contributed by atoms with E-state index in [4.69, 9.17) is 0 Å². The molecule has 0 aliphatic carbocycles. The quantitative estimate of drug-likeness (QED) is 0.569. The molecule has 7 nitrogen and oxygen atoms in total. The summed E-state index contributed by atoms with van der Waals surface area (Å²) in [5.74, 6) is 0.149. The van der Waals surface area contributed by atoms with E-state index < -0.39 is 0 Å². The van der Waals surface area contributed by atoms with Gasteiger partial charge in [-0.15, -0.1) is 15.0 Å². The Bertz CT molecular complexity index is 913. The smallest absolute Gasteiger partial charge is 0.220 e. The van der Waals surface area contributed by atoms with Gasteiger partial charge in [0.2, 0.25) is 5.91 Å². The summed E-state index contributed by atoms with van der Waals surface area (Å²) in [7, 11) is 4.03. The fraction of sp³-hybridized carbons (Fsp3) is 0.458. The van der Waals surface area contributed by atoms with Crippen molar-refractivity contribution in [1.82, 2.24) is 25.2 Å². The highest BCUT2D eigenvalue weighted by Crippen LogP contribution is 2.36. The first kappa shape index (κ1) is 24.3. The van der Waals surface area contributed by atoms with Gasteiger partial charge in [0.05, 0.1) is 0 Å². The predicted octanol–water partition coefficient (Wildman–Crippen LogP) is 3.56. The zero-order valence-corrected chi connectivity index (χ0v) is 19.4. The second-order valence-corrected chi connectivity index (χ2v) is 8.94. The summed E-state index contributed by atoms with van der Waals surface area (Å²) in [6.45, 7) is 15.2. The van der Waals surface area contributed by atoms with E-state index in [2.05, 4.69) is 33.6 Å². The van der Waals surface area contributed by atoms with E-state index in [1.54, 1.807) is 12.2 Å². The highest BCUT2D eigenvalue weighted by molar-refractivity contribution is 5.76. The molecule has 0 fully saturated rings. The largest absolute Gasteiger partial charge is 0.505 e. The van der Waals surface area contributed by atoms with Crippen molar-refractivity contribution in [3.8, 4) is 11.4 Å². The van der Waals surface area contributed by atoms with Crippen LogP contribution in [0.1, 0.15) is 56.1 Å². The molecular weight excluding hydrogens is 390 g/mol. The minimum absolute atomic E-state index is 0.0193. The Balaban J connectivity index is 2.27. The fourth-order valence-electron chi connectivity index (χ4n) is 3.24. The van der Waals surface area contributed by atoms with E-state index in [0.29, 0.717) is 36.5 Å². The van der Waals surface area contributed by atoms with Crippen LogP contribution < -0.4 is 5.32 Å². The standard InChI is InChI=1S/C24H35N5O2/c1-8-19-20(9-2)27-29(26-19)21-16-17(15-18(23(21)31)24(3,4)5)11-12-22(30)25-13-10-14-28(6)7/h8-9,15-16,31H,1-2,10-14H2,3-7H3,(H,25,30). The van der Waals surface area contributed by atoms with Gasteiger partial charge >= 0.3 is 0 Å². The lowest BCUT2D eigenvalue weighted by molar-refractivity contribution is -0.121. The average molecular weight is 426 g/mol. The Morgan fingerprint density at radius 2 is 1.81 bits per heavy atom. The number of hydrogen-bond acceptors (Lipinski definition) is 5. The van der Waals surface area contributed by atoms with Crippen LogP contribution in [0.25, 0.3) is 17.8 Å². The summed E-state index contributed by atoms with van der Waals surface area (Å²) < 4.78 is 0.